The van der Waals surface area contributed by atoms with Gasteiger partial charge in [-0.3, -0.25) is 0 Å². The normalized spacial score (nSPS) is 13.5. The lowest BCUT2D eigenvalue weighted by molar-refractivity contribution is 0.174. The summed E-state index contributed by atoms with van der Waals surface area (Å²) in [4.78, 5) is 0. The summed E-state index contributed by atoms with van der Waals surface area (Å²) in [7, 11) is 0. The topological polar surface area (TPSA) is 44.5 Å². The van der Waals surface area contributed by atoms with Crippen molar-refractivity contribution in [3.05, 3.63) is 23.3 Å². The van der Waals surface area contributed by atoms with Gasteiger partial charge in [0.25, 0.3) is 0 Å². The molecule has 1 aromatic rings. The van der Waals surface area contributed by atoms with Crippen molar-refractivity contribution in [3.8, 4) is 11.5 Å². The highest BCUT2D eigenvalue weighted by atomic mass is 16.7. The molecule has 0 spiro atoms. The van der Waals surface area contributed by atoms with E-state index < -0.39 is 0 Å². The third-order valence-electron chi connectivity index (χ3n) is 2.05. The van der Waals surface area contributed by atoms with Crippen LogP contribution in [-0.2, 0) is 6.54 Å². The highest BCUT2D eigenvalue weighted by Crippen LogP contribution is 2.34. The number of rotatable bonds is 1. The fraction of sp³-hybridized carbons (Fsp3) is 0.333. The van der Waals surface area contributed by atoms with E-state index >= 15 is 0 Å². The molecule has 1 heterocycles. The van der Waals surface area contributed by atoms with E-state index in [2.05, 4.69) is 0 Å². The van der Waals surface area contributed by atoms with E-state index in [1.54, 1.807) is 0 Å². The molecule has 0 unspecified atom stereocenters. The van der Waals surface area contributed by atoms with Gasteiger partial charge in [0, 0.05) is 6.54 Å². The Hall–Kier alpha value is -1.22. The summed E-state index contributed by atoms with van der Waals surface area (Å²) in [6, 6.07) is 3.90. The third-order valence-corrected chi connectivity index (χ3v) is 2.05. The second kappa shape index (κ2) is 2.68. The molecular formula is C9H11NO2. The molecule has 1 aliphatic heterocycles. The molecule has 1 aliphatic rings. The zero-order valence-corrected chi connectivity index (χ0v) is 6.96. The number of fused-ring (bicyclic) bond motifs is 1. The van der Waals surface area contributed by atoms with Crippen LogP contribution in [0.1, 0.15) is 11.1 Å². The molecule has 2 rings (SSSR count). The smallest absolute Gasteiger partial charge is 0.231 e. The van der Waals surface area contributed by atoms with E-state index in [-0.39, 0.29) is 0 Å². The molecule has 3 nitrogen and oxygen atoms in total. The van der Waals surface area contributed by atoms with Gasteiger partial charge in [-0.15, -0.1) is 0 Å². The lowest BCUT2D eigenvalue weighted by Crippen LogP contribution is -1.98. The van der Waals surface area contributed by atoms with Crippen LogP contribution in [0.15, 0.2) is 12.1 Å². The van der Waals surface area contributed by atoms with E-state index in [0.29, 0.717) is 13.3 Å². The number of aryl methyl sites for hydroxylation is 1. The molecular weight excluding hydrogens is 154 g/mol. The van der Waals surface area contributed by atoms with Gasteiger partial charge in [0.2, 0.25) is 6.79 Å². The Kier molecular flexibility index (Phi) is 1.66. The quantitative estimate of drug-likeness (QED) is 0.679. The van der Waals surface area contributed by atoms with Gasteiger partial charge >= 0.3 is 0 Å². The van der Waals surface area contributed by atoms with Gasteiger partial charge in [0.15, 0.2) is 11.5 Å². The van der Waals surface area contributed by atoms with Crippen LogP contribution in [0.25, 0.3) is 0 Å². The average molecular weight is 165 g/mol. The molecule has 0 saturated heterocycles. The van der Waals surface area contributed by atoms with Crippen LogP contribution < -0.4 is 15.2 Å². The minimum Gasteiger partial charge on any atom is -0.454 e. The lowest BCUT2D eigenvalue weighted by Gasteiger charge is -2.03. The molecule has 0 fully saturated rings. The molecule has 3 heteroatoms. The van der Waals surface area contributed by atoms with Gasteiger partial charge in [0.05, 0.1) is 0 Å². The zero-order chi connectivity index (χ0) is 8.55. The van der Waals surface area contributed by atoms with Crippen molar-refractivity contribution in [2.75, 3.05) is 6.79 Å². The molecule has 0 amide bonds. The van der Waals surface area contributed by atoms with E-state index in [9.17, 15) is 0 Å². The number of hydrogen-bond donors (Lipinski definition) is 1. The predicted molar refractivity (Wildman–Crippen MR) is 45.2 cm³/mol. The van der Waals surface area contributed by atoms with Crippen LogP contribution in [0.4, 0.5) is 0 Å². The number of benzene rings is 1. The third kappa shape index (κ3) is 1.02. The van der Waals surface area contributed by atoms with Gasteiger partial charge < -0.3 is 15.2 Å². The van der Waals surface area contributed by atoms with Crippen molar-refractivity contribution in [1.29, 1.82) is 0 Å². The largest absolute Gasteiger partial charge is 0.454 e. The van der Waals surface area contributed by atoms with Crippen LogP contribution in [0, 0.1) is 6.92 Å². The minimum absolute atomic E-state index is 0.322. The Balaban J connectivity index is 2.49. The second-order valence-corrected chi connectivity index (χ2v) is 2.84. The Morgan fingerprint density at radius 3 is 2.67 bits per heavy atom. The first-order valence-corrected chi connectivity index (χ1v) is 3.90. The maximum Gasteiger partial charge on any atom is 0.231 e. The van der Waals surface area contributed by atoms with Gasteiger partial charge in [0.1, 0.15) is 0 Å². The molecule has 12 heavy (non-hydrogen) atoms. The summed E-state index contributed by atoms with van der Waals surface area (Å²) in [5.74, 6) is 1.63. The van der Waals surface area contributed by atoms with E-state index in [4.69, 9.17) is 15.2 Å². The molecule has 0 aromatic heterocycles. The fourth-order valence-corrected chi connectivity index (χ4v) is 1.31. The molecule has 0 aliphatic carbocycles. The van der Waals surface area contributed by atoms with Crippen molar-refractivity contribution in [3.63, 3.8) is 0 Å². The molecule has 0 atom stereocenters. The average Bonchev–Trinajstić information content (AvgIpc) is 2.49. The lowest BCUT2D eigenvalue weighted by atomic mass is 10.1. The van der Waals surface area contributed by atoms with Crippen LogP contribution in [0.3, 0.4) is 0 Å². The van der Waals surface area contributed by atoms with Crippen molar-refractivity contribution in [1.82, 2.24) is 0 Å². The first-order valence-electron chi connectivity index (χ1n) is 3.90. The summed E-state index contributed by atoms with van der Waals surface area (Å²) >= 11 is 0. The minimum atomic E-state index is 0.322. The van der Waals surface area contributed by atoms with Crippen LogP contribution in [0.5, 0.6) is 11.5 Å². The Labute approximate surface area is 71.1 Å². The summed E-state index contributed by atoms with van der Waals surface area (Å²) in [5, 5.41) is 0. The molecule has 0 saturated carbocycles. The molecule has 64 valence electrons. The molecule has 0 bridgehead atoms. The summed E-state index contributed by atoms with van der Waals surface area (Å²) < 4.78 is 10.4. The molecule has 0 radical (unpaired) electrons. The highest BCUT2D eigenvalue weighted by Gasteiger charge is 2.14. The first kappa shape index (κ1) is 7.43. The van der Waals surface area contributed by atoms with Crippen LogP contribution in [0.2, 0.25) is 0 Å². The van der Waals surface area contributed by atoms with Gasteiger partial charge in [-0.2, -0.15) is 0 Å². The first-order chi connectivity index (χ1) is 5.81. The number of nitrogens with two attached hydrogens (primary N) is 1. The Morgan fingerprint density at radius 1 is 1.33 bits per heavy atom. The van der Waals surface area contributed by atoms with Gasteiger partial charge in [-0.05, 0) is 30.2 Å². The summed E-state index contributed by atoms with van der Waals surface area (Å²) in [6.07, 6.45) is 0. The van der Waals surface area contributed by atoms with Crippen molar-refractivity contribution < 1.29 is 9.47 Å². The van der Waals surface area contributed by atoms with Crippen molar-refractivity contribution >= 4 is 0 Å². The van der Waals surface area contributed by atoms with E-state index in [0.717, 1.165) is 22.6 Å². The van der Waals surface area contributed by atoms with Gasteiger partial charge in [-0.1, -0.05) is 0 Å². The molecule has 1 aromatic carbocycles. The Morgan fingerprint density at radius 2 is 2.00 bits per heavy atom. The standard InChI is InChI=1S/C9H11NO2/c1-6-2-8-9(12-5-11-8)3-7(6)4-10/h2-3H,4-5,10H2,1H3. The molecule has 2 N–H and O–H groups in total. The predicted octanol–water partition coefficient (Wildman–Crippen LogP) is 1.18. The van der Waals surface area contributed by atoms with Crippen LogP contribution >= 0.6 is 0 Å². The maximum absolute atomic E-state index is 5.55. The zero-order valence-electron chi connectivity index (χ0n) is 6.96. The highest BCUT2D eigenvalue weighted by molar-refractivity contribution is 5.48. The van der Waals surface area contributed by atoms with E-state index in [1.807, 2.05) is 19.1 Å². The van der Waals surface area contributed by atoms with Crippen LogP contribution in [-0.4, -0.2) is 6.79 Å². The van der Waals surface area contributed by atoms with Crippen molar-refractivity contribution in [2.45, 2.75) is 13.5 Å². The Bertz CT molecular complexity index is 309. The summed E-state index contributed by atoms with van der Waals surface area (Å²) in [6.45, 7) is 2.88. The fourth-order valence-electron chi connectivity index (χ4n) is 1.31. The number of ether oxygens (including phenoxy) is 2. The van der Waals surface area contributed by atoms with E-state index in [1.165, 1.54) is 0 Å². The SMILES string of the molecule is Cc1cc2c(cc1CN)OCO2. The number of hydrogen-bond acceptors (Lipinski definition) is 3. The van der Waals surface area contributed by atoms with Gasteiger partial charge in [-0.25, -0.2) is 0 Å². The monoisotopic (exact) mass is 165 g/mol. The summed E-state index contributed by atoms with van der Waals surface area (Å²) in [5.41, 5.74) is 7.81. The second-order valence-electron chi connectivity index (χ2n) is 2.84. The van der Waals surface area contributed by atoms with Crippen molar-refractivity contribution in [2.24, 2.45) is 5.73 Å². The maximum atomic E-state index is 5.55.